The van der Waals surface area contributed by atoms with E-state index in [1.165, 1.54) is 23.8 Å². The zero-order valence-electron chi connectivity index (χ0n) is 14.9. The van der Waals surface area contributed by atoms with Crippen molar-refractivity contribution < 1.29 is 4.79 Å². The Morgan fingerprint density at radius 3 is 2.54 bits per heavy atom. The van der Waals surface area contributed by atoms with Gasteiger partial charge in [-0.1, -0.05) is 0 Å². The highest BCUT2D eigenvalue weighted by Gasteiger charge is 2.44. The number of nitrogens with zero attached hydrogens (tertiary/aromatic N) is 2. The van der Waals surface area contributed by atoms with Gasteiger partial charge in [-0.05, 0) is 80.3 Å². The van der Waals surface area contributed by atoms with Gasteiger partial charge in [-0.25, -0.2) is 0 Å². The Morgan fingerprint density at radius 2 is 1.81 bits per heavy atom. The maximum atomic E-state index is 13.3. The van der Waals surface area contributed by atoms with Crippen molar-refractivity contribution in [3.05, 3.63) is 38.9 Å². The quantitative estimate of drug-likeness (QED) is 0.785. The largest absolute Gasteiger partial charge is 0.335 e. The number of amides is 1. The molecule has 2 saturated heterocycles. The first-order valence-corrected chi connectivity index (χ1v) is 9.94. The van der Waals surface area contributed by atoms with Crippen molar-refractivity contribution in [3.8, 4) is 0 Å². The third kappa shape index (κ3) is 2.46. The molecule has 3 heterocycles. The maximum absolute atomic E-state index is 13.3. The van der Waals surface area contributed by atoms with Crippen molar-refractivity contribution in [2.24, 2.45) is 24.8 Å². The SMILES string of the molecule is Cn1c(=S)[nH]c2cc(C(=O)N3CC4C[C@@H]5CC3C[C@H](C4)C5)ccc2c1=O. The number of fused-ring (bicyclic) bond motifs is 2. The molecular formula is C20H23N3O2S. The molecule has 1 aromatic carbocycles. The highest BCUT2D eigenvalue weighted by atomic mass is 32.1. The lowest BCUT2D eigenvalue weighted by atomic mass is 9.68. The van der Waals surface area contributed by atoms with Crippen LogP contribution in [0.15, 0.2) is 23.0 Å². The molecule has 0 spiro atoms. The highest BCUT2D eigenvalue weighted by molar-refractivity contribution is 7.71. The second kappa shape index (κ2) is 5.78. The summed E-state index contributed by atoms with van der Waals surface area (Å²) in [6.45, 7) is 0.890. The molecule has 2 unspecified atom stereocenters. The number of hydrogen-bond acceptors (Lipinski definition) is 3. The summed E-state index contributed by atoms with van der Waals surface area (Å²) in [4.78, 5) is 30.9. The van der Waals surface area contributed by atoms with E-state index in [1.54, 1.807) is 25.2 Å². The number of rotatable bonds is 1. The van der Waals surface area contributed by atoms with Gasteiger partial charge in [0.05, 0.1) is 10.9 Å². The van der Waals surface area contributed by atoms with Crippen LogP contribution in [-0.2, 0) is 7.05 Å². The van der Waals surface area contributed by atoms with Crippen molar-refractivity contribution in [2.45, 2.75) is 38.1 Å². The molecule has 136 valence electrons. The number of carbonyl (C=O) groups is 1. The van der Waals surface area contributed by atoms with E-state index in [9.17, 15) is 9.59 Å². The summed E-state index contributed by atoms with van der Waals surface area (Å²) in [5.41, 5.74) is 1.16. The first-order chi connectivity index (χ1) is 12.5. The van der Waals surface area contributed by atoms with Crippen molar-refractivity contribution >= 4 is 29.0 Å². The van der Waals surface area contributed by atoms with Crippen molar-refractivity contribution in [2.75, 3.05) is 6.54 Å². The molecule has 2 saturated carbocycles. The number of aromatic nitrogens is 2. The van der Waals surface area contributed by atoms with Gasteiger partial charge in [0.1, 0.15) is 0 Å². The molecule has 26 heavy (non-hydrogen) atoms. The van der Waals surface area contributed by atoms with E-state index in [-0.39, 0.29) is 11.5 Å². The maximum Gasteiger partial charge on any atom is 0.261 e. The Balaban J connectivity index is 1.53. The Bertz CT molecular complexity index is 1010. The highest BCUT2D eigenvalue weighted by Crippen LogP contribution is 2.47. The third-order valence-corrected chi connectivity index (χ3v) is 7.09. The summed E-state index contributed by atoms with van der Waals surface area (Å²) in [5, 5.41) is 0.563. The van der Waals surface area contributed by atoms with Crippen LogP contribution in [0.1, 0.15) is 42.5 Å². The molecule has 5 nitrogen and oxygen atoms in total. The molecule has 4 atom stereocenters. The zero-order valence-corrected chi connectivity index (χ0v) is 15.7. The summed E-state index contributed by atoms with van der Waals surface area (Å²) in [5.74, 6) is 2.39. The van der Waals surface area contributed by atoms with Gasteiger partial charge >= 0.3 is 0 Å². The molecule has 4 bridgehead atoms. The molecule has 4 aliphatic rings. The molecule has 4 fully saturated rings. The summed E-state index contributed by atoms with van der Waals surface area (Å²) in [6, 6.07) is 5.72. The van der Waals surface area contributed by atoms with Crippen LogP contribution in [0.3, 0.4) is 0 Å². The summed E-state index contributed by atoms with van der Waals surface area (Å²) in [7, 11) is 1.66. The molecule has 0 radical (unpaired) electrons. The van der Waals surface area contributed by atoms with Gasteiger partial charge in [0, 0.05) is 25.2 Å². The monoisotopic (exact) mass is 369 g/mol. The van der Waals surface area contributed by atoms with Crippen LogP contribution in [0, 0.1) is 22.5 Å². The number of aromatic amines is 1. The molecule has 6 rings (SSSR count). The van der Waals surface area contributed by atoms with Crippen LogP contribution in [-0.4, -0.2) is 32.9 Å². The third-order valence-electron chi connectivity index (χ3n) is 6.72. The van der Waals surface area contributed by atoms with Crippen LogP contribution in [0.25, 0.3) is 10.9 Å². The van der Waals surface area contributed by atoms with E-state index in [4.69, 9.17) is 12.2 Å². The van der Waals surface area contributed by atoms with E-state index < -0.39 is 0 Å². The van der Waals surface area contributed by atoms with Crippen LogP contribution in [0.5, 0.6) is 0 Å². The minimum atomic E-state index is -0.131. The number of hydrogen-bond donors (Lipinski definition) is 1. The molecule has 1 N–H and O–H groups in total. The smallest absolute Gasteiger partial charge is 0.261 e. The minimum absolute atomic E-state index is 0.102. The van der Waals surface area contributed by atoms with Gasteiger partial charge < -0.3 is 9.88 Å². The number of carbonyl (C=O) groups excluding carboxylic acids is 1. The van der Waals surface area contributed by atoms with Crippen LogP contribution < -0.4 is 5.56 Å². The van der Waals surface area contributed by atoms with Crippen molar-refractivity contribution in [1.29, 1.82) is 0 Å². The first kappa shape index (κ1) is 16.2. The molecule has 1 aromatic heterocycles. The average Bonchev–Trinajstić information content (AvgIpc) is 2.82. The predicted molar refractivity (Wildman–Crippen MR) is 103 cm³/mol. The number of nitrogens with one attached hydrogen (secondary N) is 1. The standard InChI is InChI=1S/C20H23N3O2S/c1-22-19(25)16-3-2-14(9-17(16)21-20(22)26)18(24)23-10-13-5-11-4-12(6-13)8-15(23)7-11/h2-3,9,11-13,15H,4-8,10H2,1H3,(H,21,26)/t11-,12+,13?,15?. The fraction of sp³-hybridized carbons (Fsp3) is 0.550. The average molecular weight is 369 g/mol. The van der Waals surface area contributed by atoms with Gasteiger partial charge in [-0.3, -0.25) is 14.2 Å². The Hall–Kier alpha value is -1.95. The number of H-pyrrole nitrogens is 1. The Kier molecular flexibility index (Phi) is 3.61. The van der Waals surface area contributed by atoms with Gasteiger partial charge in [0.25, 0.3) is 11.5 Å². The second-order valence-corrected chi connectivity index (χ2v) is 8.83. The van der Waals surface area contributed by atoms with Crippen LogP contribution >= 0.6 is 12.2 Å². The second-order valence-electron chi connectivity index (χ2n) is 8.44. The zero-order chi connectivity index (χ0) is 18.0. The predicted octanol–water partition coefficient (Wildman–Crippen LogP) is 3.25. The van der Waals surface area contributed by atoms with Gasteiger partial charge in [-0.15, -0.1) is 0 Å². The fourth-order valence-corrected chi connectivity index (χ4v) is 5.83. The van der Waals surface area contributed by atoms with Gasteiger partial charge in [-0.2, -0.15) is 0 Å². The lowest BCUT2D eigenvalue weighted by Gasteiger charge is -2.39. The molecular weight excluding hydrogens is 346 g/mol. The lowest BCUT2D eigenvalue weighted by Crippen LogP contribution is -2.42. The first-order valence-electron chi connectivity index (χ1n) is 9.53. The van der Waals surface area contributed by atoms with Gasteiger partial charge in [0.2, 0.25) is 0 Å². The van der Waals surface area contributed by atoms with E-state index in [0.29, 0.717) is 33.2 Å². The summed E-state index contributed by atoms with van der Waals surface area (Å²) in [6.07, 6.45) is 6.27. The topological polar surface area (TPSA) is 58.1 Å². The molecule has 1 amide bonds. The van der Waals surface area contributed by atoms with Crippen molar-refractivity contribution in [1.82, 2.24) is 14.5 Å². The molecule has 6 heteroatoms. The lowest BCUT2D eigenvalue weighted by molar-refractivity contribution is 0.0633. The van der Waals surface area contributed by atoms with E-state index in [0.717, 1.165) is 31.2 Å². The van der Waals surface area contributed by atoms with Crippen LogP contribution in [0.4, 0.5) is 0 Å². The Labute approximate surface area is 157 Å². The molecule has 2 aromatic rings. The number of benzene rings is 1. The van der Waals surface area contributed by atoms with Crippen molar-refractivity contribution in [3.63, 3.8) is 0 Å². The molecule has 2 aliphatic carbocycles. The van der Waals surface area contributed by atoms with Crippen LogP contribution in [0.2, 0.25) is 0 Å². The van der Waals surface area contributed by atoms with E-state index in [2.05, 4.69) is 9.88 Å². The Morgan fingerprint density at radius 1 is 1.12 bits per heavy atom. The fourth-order valence-electron chi connectivity index (χ4n) is 5.64. The minimum Gasteiger partial charge on any atom is -0.335 e. The normalized spacial score (nSPS) is 30.0. The summed E-state index contributed by atoms with van der Waals surface area (Å²) < 4.78 is 1.79. The van der Waals surface area contributed by atoms with E-state index >= 15 is 0 Å². The summed E-state index contributed by atoms with van der Waals surface area (Å²) >= 11 is 5.21. The van der Waals surface area contributed by atoms with Gasteiger partial charge in [0.15, 0.2) is 4.77 Å². The molecule has 2 aliphatic heterocycles. The van der Waals surface area contributed by atoms with E-state index in [1.807, 2.05) is 0 Å².